The highest BCUT2D eigenvalue weighted by molar-refractivity contribution is 6.20. The Kier molecular flexibility index (Phi) is 6.14. The second kappa shape index (κ2) is 10.5. The number of pyridine rings is 1. The van der Waals surface area contributed by atoms with E-state index in [0.717, 1.165) is 72.9 Å². The molecule has 0 aliphatic rings. The van der Waals surface area contributed by atoms with Crippen LogP contribution in [0.25, 0.3) is 71.9 Å². The third-order valence-corrected chi connectivity index (χ3v) is 8.04. The second-order valence-corrected chi connectivity index (χ2v) is 10.7. The predicted molar refractivity (Wildman–Crippen MR) is 173 cm³/mol. The van der Waals surface area contributed by atoms with Gasteiger partial charge in [0.25, 0.3) is 0 Å². The molecule has 0 saturated carbocycles. The third kappa shape index (κ3) is 4.48. The molecule has 0 saturated heterocycles. The van der Waals surface area contributed by atoms with Crippen molar-refractivity contribution < 1.29 is 8.78 Å². The number of rotatable bonds is 4. The SMILES string of the molecule is N#Cc1cc(F)c(-c2ccc(-c3ccc(-c4nc5ccccc5c5c4ccc4nn(-c6ccccc6)nc45)cc3)cc2)c(F)c1. The first-order chi connectivity index (χ1) is 22.1. The molecule has 6 aromatic carbocycles. The van der Waals surface area contributed by atoms with Crippen LogP contribution in [0.4, 0.5) is 8.78 Å². The molecule has 5 nitrogen and oxygen atoms in total. The summed E-state index contributed by atoms with van der Waals surface area (Å²) in [6, 6.07) is 41.0. The Bertz CT molecular complexity index is 2420. The lowest BCUT2D eigenvalue weighted by Crippen LogP contribution is -1.97. The van der Waals surface area contributed by atoms with E-state index in [1.807, 2.05) is 91.0 Å². The summed E-state index contributed by atoms with van der Waals surface area (Å²) >= 11 is 0. The highest BCUT2D eigenvalue weighted by Crippen LogP contribution is 2.37. The molecule has 8 rings (SSSR count). The molecule has 0 aliphatic carbocycles. The van der Waals surface area contributed by atoms with E-state index >= 15 is 0 Å². The van der Waals surface area contributed by atoms with Gasteiger partial charge in [0.15, 0.2) is 0 Å². The molecule has 2 heterocycles. The number of para-hydroxylation sites is 2. The Morgan fingerprint density at radius 1 is 0.578 bits per heavy atom. The van der Waals surface area contributed by atoms with Crippen LogP contribution in [-0.4, -0.2) is 20.0 Å². The molecule has 0 amide bonds. The molecule has 0 bridgehead atoms. The summed E-state index contributed by atoms with van der Waals surface area (Å²) in [6.45, 7) is 0. The summed E-state index contributed by atoms with van der Waals surface area (Å²) in [4.78, 5) is 6.75. The largest absolute Gasteiger partial charge is 0.247 e. The van der Waals surface area contributed by atoms with E-state index in [0.29, 0.717) is 5.56 Å². The summed E-state index contributed by atoms with van der Waals surface area (Å²) in [5.41, 5.74) is 7.19. The maximum atomic E-state index is 14.6. The molecule has 0 fully saturated rings. The van der Waals surface area contributed by atoms with Crippen molar-refractivity contribution >= 4 is 32.7 Å². The second-order valence-electron chi connectivity index (χ2n) is 10.7. The summed E-state index contributed by atoms with van der Waals surface area (Å²) in [7, 11) is 0. The van der Waals surface area contributed by atoms with Crippen molar-refractivity contribution in [2.24, 2.45) is 0 Å². The molecule has 0 radical (unpaired) electrons. The Labute approximate surface area is 256 Å². The van der Waals surface area contributed by atoms with Gasteiger partial charge in [-0.2, -0.15) is 10.1 Å². The summed E-state index contributed by atoms with van der Waals surface area (Å²) in [6.07, 6.45) is 0. The van der Waals surface area contributed by atoms with Gasteiger partial charge in [-0.15, -0.1) is 10.2 Å². The van der Waals surface area contributed by atoms with Crippen molar-refractivity contribution in [2.45, 2.75) is 0 Å². The molecule has 0 N–H and O–H groups in total. The van der Waals surface area contributed by atoms with E-state index in [4.69, 9.17) is 20.4 Å². The van der Waals surface area contributed by atoms with E-state index in [2.05, 4.69) is 12.1 Å². The van der Waals surface area contributed by atoms with E-state index in [9.17, 15) is 8.78 Å². The van der Waals surface area contributed by atoms with Crippen LogP contribution in [-0.2, 0) is 0 Å². The molecular weight excluding hydrogens is 564 g/mol. The number of halogens is 2. The number of benzene rings is 6. The van der Waals surface area contributed by atoms with Gasteiger partial charge in [0, 0.05) is 21.7 Å². The van der Waals surface area contributed by atoms with E-state index in [1.54, 1.807) is 23.0 Å². The molecule has 0 spiro atoms. The number of nitriles is 1. The zero-order chi connectivity index (χ0) is 30.5. The highest BCUT2D eigenvalue weighted by atomic mass is 19.1. The summed E-state index contributed by atoms with van der Waals surface area (Å²) in [5, 5.41) is 21.6. The number of hydrogen-bond donors (Lipinski definition) is 0. The molecule has 0 unspecified atom stereocenters. The van der Waals surface area contributed by atoms with Crippen molar-refractivity contribution in [1.29, 1.82) is 5.26 Å². The standard InChI is InChI=1S/C38H21F2N5/c39-31-20-23(22-41)21-32(40)35(31)26-14-10-24(11-15-26)25-12-16-27(17-13-25)37-30-18-19-34-38(36(30)29-8-4-5-9-33(29)42-37)44-45(43-34)28-6-2-1-3-7-28/h1-21H. The normalized spacial score (nSPS) is 11.3. The van der Waals surface area contributed by atoms with Crippen molar-refractivity contribution in [3.63, 3.8) is 0 Å². The fourth-order valence-electron chi connectivity index (χ4n) is 5.87. The van der Waals surface area contributed by atoms with Crippen LogP contribution in [0.3, 0.4) is 0 Å². The van der Waals surface area contributed by atoms with Crippen molar-refractivity contribution in [2.75, 3.05) is 0 Å². The molecule has 212 valence electrons. The maximum absolute atomic E-state index is 14.6. The average molecular weight is 586 g/mol. The quantitative estimate of drug-likeness (QED) is 0.193. The molecular formula is C38H21F2N5. The Hall–Kier alpha value is -6.26. The molecule has 7 heteroatoms. The number of aromatic nitrogens is 4. The molecule has 0 aliphatic heterocycles. The smallest absolute Gasteiger partial charge is 0.135 e. The van der Waals surface area contributed by atoms with Gasteiger partial charge < -0.3 is 0 Å². The minimum atomic E-state index is -0.765. The minimum absolute atomic E-state index is 0.0536. The van der Waals surface area contributed by atoms with Crippen LogP contribution in [0.1, 0.15) is 5.56 Å². The van der Waals surface area contributed by atoms with E-state index in [1.165, 1.54) is 0 Å². The number of fused-ring (bicyclic) bond motifs is 5. The predicted octanol–water partition coefficient (Wildman–Crippen LogP) is 9.27. The van der Waals surface area contributed by atoms with E-state index < -0.39 is 11.6 Å². The van der Waals surface area contributed by atoms with Crippen molar-refractivity contribution in [3.8, 4) is 45.3 Å². The minimum Gasteiger partial charge on any atom is -0.247 e. The van der Waals surface area contributed by atoms with Crippen LogP contribution in [0.5, 0.6) is 0 Å². The van der Waals surface area contributed by atoms with Crippen molar-refractivity contribution in [1.82, 2.24) is 20.0 Å². The molecule has 45 heavy (non-hydrogen) atoms. The van der Waals surface area contributed by atoms with Gasteiger partial charge >= 0.3 is 0 Å². The number of hydrogen-bond acceptors (Lipinski definition) is 4. The van der Waals surface area contributed by atoms with Gasteiger partial charge in [-0.05, 0) is 59.2 Å². The van der Waals surface area contributed by atoms with Crippen LogP contribution < -0.4 is 0 Å². The lowest BCUT2D eigenvalue weighted by Gasteiger charge is -2.11. The molecule has 8 aromatic rings. The van der Waals surface area contributed by atoms with Crippen LogP contribution in [0, 0.1) is 23.0 Å². The Balaban J connectivity index is 1.20. The lowest BCUT2D eigenvalue weighted by atomic mass is 9.96. The zero-order valence-corrected chi connectivity index (χ0v) is 23.6. The van der Waals surface area contributed by atoms with Gasteiger partial charge in [0.05, 0.1) is 34.1 Å². The third-order valence-electron chi connectivity index (χ3n) is 8.04. The van der Waals surface area contributed by atoms with Crippen LogP contribution in [0.2, 0.25) is 0 Å². The van der Waals surface area contributed by atoms with Gasteiger partial charge in [-0.1, -0.05) is 84.9 Å². The molecule has 2 aromatic heterocycles. The first-order valence-corrected chi connectivity index (χ1v) is 14.3. The first-order valence-electron chi connectivity index (χ1n) is 14.3. The maximum Gasteiger partial charge on any atom is 0.135 e. The highest BCUT2D eigenvalue weighted by Gasteiger charge is 2.17. The van der Waals surface area contributed by atoms with Crippen LogP contribution >= 0.6 is 0 Å². The Morgan fingerprint density at radius 2 is 1.20 bits per heavy atom. The van der Waals surface area contributed by atoms with E-state index in [-0.39, 0.29) is 11.1 Å². The first kappa shape index (κ1) is 26.4. The summed E-state index contributed by atoms with van der Waals surface area (Å²) in [5.74, 6) is -1.53. The fourth-order valence-corrected chi connectivity index (χ4v) is 5.87. The number of nitrogens with zero attached hydrogens (tertiary/aromatic N) is 5. The van der Waals surface area contributed by atoms with Crippen molar-refractivity contribution in [3.05, 3.63) is 145 Å². The fraction of sp³-hybridized carbons (Fsp3) is 0. The summed E-state index contributed by atoms with van der Waals surface area (Å²) < 4.78 is 29.2. The average Bonchev–Trinajstić information content (AvgIpc) is 3.53. The lowest BCUT2D eigenvalue weighted by molar-refractivity contribution is 0.589. The zero-order valence-electron chi connectivity index (χ0n) is 23.6. The molecule has 0 atom stereocenters. The van der Waals surface area contributed by atoms with Gasteiger partial charge in [0.1, 0.15) is 22.7 Å². The van der Waals surface area contributed by atoms with Crippen LogP contribution in [0.15, 0.2) is 127 Å². The van der Waals surface area contributed by atoms with Gasteiger partial charge in [-0.3, -0.25) is 0 Å². The van der Waals surface area contributed by atoms with Gasteiger partial charge in [-0.25, -0.2) is 13.8 Å². The van der Waals surface area contributed by atoms with Gasteiger partial charge in [0.2, 0.25) is 0 Å². The monoisotopic (exact) mass is 585 g/mol. The Morgan fingerprint density at radius 3 is 1.89 bits per heavy atom. The topological polar surface area (TPSA) is 67.4 Å².